The van der Waals surface area contributed by atoms with Gasteiger partial charge >= 0.3 is 0 Å². The number of aromatic nitrogens is 4. The van der Waals surface area contributed by atoms with Gasteiger partial charge in [0.15, 0.2) is 0 Å². The number of hydrogen-bond donors (Lipinski definition) is 1. The third-order valence-electron chi connectivity index (χ3n) is 3.48. The van der Waals surface area contributed by atoms with E-state index in [1.54, 1.807) is 6.20 Å². The Bertz CT molecular complexity index is 579. The van der Waals surface area contributed by atoms with Crippen LogP contribution in [0.15, 0.2) is 12.4 Å². The van der Waals surface area contributed by atoms with Gasteiger partial charge in [0.25, 0.3) is 6.43 Å². The van der Waals surface area contributed by atoms with Crippen LogP contribution >= 0.6 is 12.4 Å². The lowest BCUT2D eigenvalue weighted by molar-refractivity contribution is 0.121. The Morgan fingerprint density at radius 3 is 2.19 bits per heavy atom. The summed E-state index contributed by atoms with van der Waals surface area (Å²) in [7, 11) is 1.90. The Labute approximate surface area is 128 Å². The zero-order valence-corrected chi connectivity index (χ0v) is 13.1. The molecule has 2 aromatic heterocycles. The first-order valence-electron chi connectivity index (χ1n) is 6.46. The Balaban J connectivity index is 0.00000220. The van der Waals surface area contributed by atoms with Crippen molar-refractivity contribution in [2.24, 2.45) is 7.05 Å². The van der Waals surface area contributed by atoms with Gasteiger partial charge in [-0.3, -0.25) is 9.36 Å². The fourth-order valence-corrected chi connectivity index (χ4v) is 2.02. The highest BCUT2D eigenvalue weighted by Gasteiger charge is 2.11. The smallest absolute Gasteiger partial charge is 0.257 e. The van der Waals surface area contributed by atoms with Crippen LogP contribution in [0.5, 0.6) is 0 Å². The van der Waals surface area contributed by atoms with Crippen LogP contribution in [-0.4, -0.2) is 26.0 Å². The molecule has 0 fully saturated rings. The minimum atomic E-state index is -2.38. The highest BCUT2D eigenvalue weighted by molar-refractivity contribution is 5.85. The van der Waals surface area contributed by atoms with E-state index in [-0.39, 0.29) is 19.0 Å². The Morgan fingerprint density at radius 2 is 1.67 bits per heavy atom. The van der Waals surface area contributed by atoms with Gasteiger partial charge in [0.1, 0.15) is 6.54 Å². The summed E-state index contributed by atoms with van der Waals surface area (Å²) >= 11 is 0. The van der Waals surface area contributed by atoms with Crippen LogP contribution in [0.25, 0.3) is 0 Å². The van der Waals surface area contributed by atoms with Crippen molar-refractivity contribution in [3.05, 3.63) is 34.9 Å². The van der Waals surface area contributed by atoms with E-state index in [0.717, 1.165) is 22.5 Å². The molecule has 0 aliphatic carbocycles. The van der Waals surface area contributed by atoms with Crippen molar-refractivity contribution in [2.45, 2.75) is 39.9 Å². The van der Waals surface area contributed by atoms with E-state index in [1.165, 1.54) is 4.68 Å². The van der Waals surface area contributed by atoms with Gasteiger partial charge in [-0.2, -0.15) is 10.2 Å². The van der Waals surface area contributed by atoms with Crippen molar-refractivity contribution in [3.8, 4) is 0 Å². The fraction of sp³-hybridized carbons (Fsp3) is 0.538. The predicted octanol–water partition coefficient (Wildman–Crippen LogP) is 2.21. The van der Waals surface area contributed by atoms with Gasteiger partial charge in [-0.25, -0.2) is 8.78 Å². The number of nitrogens with zero attached hydrogens (tertiary/aromatic N) is 4. The summed E-state index contributed by atoms with van der Waals surface area (Å²) < 4.78 is 27.9. The molecule has 0 aromatic carbocycles. The molecule has 0 radical (unpaired) electrons. The average Bonchev–Trinajstić information content (AvgIpc) is 2.88. The molecular weight excluding hydrogens is 300 g/mol. The van der Waals surface area contributed by atoms with Crippen molar-refractivity contribution >= 4 is 12.4 Å². The number of nitrogens with one attached hydrogen (secondary N) is 1. The Morgan fingerprint density at radius 1 is 1.10 bits per heavy atom. The third kappa shape index (κ3) is 4.25. The zero-order valence-electron chi connectivity index (χ0n) is 12.3. The molecule has 5 nitrogen and oxygen atoms in total. The lowest BCUT2D eigenvalue weighted by atomic mass is 10.2. The topological polar surface area (TPSA) is 47.7 Å². The van der Waals surface area contributed by atoms with Crippen LogP contribution in [0.1, 0.15) is 22.5 Å². The molecule has 0 unspecified atom stereocenters. The minimum Gasteiger partial charge on any atom is -0.308 e. The van der Waals surface area contributed by atoms with Crippen LogP contribution < -0.4 is 5.32 Å². The molecule has 0 spiro atoms. The second-order valence-electron chi connectivity index (χ2n) is 4.81. The maximum atomic E-state index is 12.3. The SMILES string of the molecule is Cc1c(CNCc2cnn(CC(F)F)c2C)cnn1C.Cl. The van der Waals surface area contributed by atoms with E-state index in [9.17, 15) is 8.78 Å². The summed E-state index contributed by atoms with van der Waals surface area (Å²) in [6.45, 7) is 4.76. The first-order chi connectivity index (χ1) is 9.49. The summed E-state index contributed by atoms with van der Waals surface area (Å²) in [5.74, 6) is 0. The molecule has 2 rings (SSSR count). The molecule has 118 valence electrons. The van der Waals surface area contributed by atoms with E-state index in [0.29, 0.717) is 13.1 Å². The van der Waals surface area contributed by atoms with Crippen LogP contribution in [0.2, 0.25) is 0 Å². The molecule has 0 aliphatic heterocycles. The van der Waals surface area contributed by atoms with Gasteiger partial charge in [0.2, 0.25) is 0 Å². The normalized spacial score (nSPS) is 11.0. The molecule has 2 heterocycles. The monoisotopic (exact) mass is 319 g/mol. The zero-order chi connectivity index (χ0) is 14.7. The highest BCUT2D eigenvalue weighted by Crippen LogP contribution is 2.10. The standard InChI is InChI=1S/C13H19F2N5.ClH/c1-9-11(6-17-19(9)3)4-16-5-12-7-18-20(10(12)2)8-13(14)15;/h6-7,13,16H,4-5,8H2,1-3H3;1H. The van der Waals surface area contributed by atoms with Gasteiger partial charge in [-0.1, -0.05) is 0 Å². The minimum absolute atomic E-state index is 0. The van der Waals surface area contributed by atoms with Crippen LogP contribution in [0, 0.1) is 13.8 Å². The number of hydrogen-bond acceptors (Lipinski definition) is 3. The number of halogens is 3. The summed E-state index contributed by atoms with van der Waals surface area (Å²) in [6.07, 6.45) is 1.09. The van der Waals surface area contributed by atoms with Gasteiger partial charge in [0, 0.05) is 42.7 Å². The van der Waals surface area contributed by atoms with Crippen molar-refractivity contribution < 1.29 is 8.78 Å². The molecule has 0 atom stereocenters. The number of aryl methyl sites for hydroxylation is 1. The highest BCUT2D eigenvalue weighted by atomic mass is 35.5. The first-order valence-corrected chi connectivity index (χ1v) is 6.46. The van der Waals surface area contributed by atoms with E-state index in [4.69, 9.17) is 0 Å². The maximum absolute atomic E-state index is 12.3. The maximum Gasteiger partial charge on any atom is 0.257 e. The average molecular weight is 320 g/mol. The van der Waals surface area contributed by atoms with Crippen molar-refractivity contribution in [2.75, 3.05) is 0 Å². The summed E-state index contributed by atoms with van der Waals surface area (Å²) in [5.41, 5.74) is 3.96. The molecule has 0 saturated heterocycles. The Kier molecular flexibility index (Phi) is 6.29. The molecule has 0 bridgehead atoms. The van der Waals surface area contributed by atoms with Crippen molar-refractivity contribution in [1.29, 1.82) is 0 Å². The summed E-state index contributed by atoms with van der Waals surface area (Å²) in [4.78, 5) is 0. The quantitative estimate of drug-likeness (QED) is 0.888. The summed E-state index contributed by atoms with van der Waals surface area (Å²) in [5, 5.41) is 11.4. The van der Waals surface area contributed by atoms with Gasteiger partial charge in [-0.15, -0.1) is 12.4 Å². The van der Waals surface area contributed by atoms with Crippen LogP contribution in [-0.2, 0) is 26.7 Å². The van der Waals surface area contributed by atoms with E-state index in [2.05, 4.69) is 15.5 Å². The lowest BCUT2D eigenvalue weighted by Crippen LogP contribution is -2.14. The van der Waals surface area contributed by atoms with Gasteiger partial charge in [0.05, 0.1) is 12.4 Å². The van der Waals surface area contributed by atoms with Gasteiger partial charge in [-0.05, 0) is 13.8 Å². The molecule has 1 N–H and O–H groups in total. The van der Waals surface area contributed by atoms with Crippen LogP contribution in [0.3, 0.4) is 0 Å². The largest absolute Gasteiger partial charge is 0.308 e. The number of alkyl halides is 2. The lowest BCUT2D eigenvalue weighted by Gasteiger charge is -2.06. The number of rotatable bonds is 6. The van der Waals surface area contributed by atoms with E-state index >= 15 is 0 Å². The molecule has 0 aliphatic rings. The second kappa shape index (κ2) is 7.51. The first kappa shape index (κ1) is 17.6. The van der Waals surface area contributed by atoms with Crippen LogP contribution in [0.4, 0.5) is 8.78 Å². The van der Waals surface area contributed by atoms with Crippen molar-refractivity contribution in [1.82, 2.24) is 24.9 Å². The molecule has 21 heavy (non-hydrogen) atoms. The second-order valence-corrected chi connectivity index (χ2v) is 4.81. The third-order valence-corrected chi connectivity index (χ3v) is 3.48. The molecule has 0 amide bonds. The predicted molar refractivity (Wildman–Crippen MR) is 78.7 cm³/mol. The van der Waals surface area contributed by atoms with E-state index in [1.807, 2.05) is 31.8 Å². The Hall–Kier alpha value is -1.47. The molecular formula is C13H20ClF2N5. The molecule has 0 saturated carbocycles. The molecule has 8 heteroatoms. The summed E-state index contributed by atoms with van der Waals surface area (Å²) in [6, 6.07) is 0. The fourth-order valence-electron chi connectivity index (χ4n) is 2.02. The van der Waals surface area contributed by atoms with Gasteiger partial charge < -0.3 is 5.32 Å². The van der Waals surface area contributed by atoms with E-state index < -0.39 is 6.43 Å². The van der Waals surface area contributed by atoms with Crippen molar-refractivity contribution in [3.63, 3.8) is 0 Å². The molecule has 2 aromatic rings.